The van der Waals surface area contributed by atoms with Crippen molar-refractivity contribution in [1.29, 1.82) is 0 Å². The Morgan fingerprint density at radius 1 is 1.08 bits per heavy atom. The first-order valence-corrected chi connectivity index (χ1v) is 8.62. The van der Waals surface area contributed by atoms with Gasteiger partial charge in [0.1, 0.15) is 5.75 Å². The summed E-state index contributed by atoms with van der Waals surface area (Å²) < 4.78 is 0. The summed E-state index contributed by atoms with van der Waals surface area (Å²) in [6.07, 6.45) is 1.50. The van der Waals surface area contributed by atoms with Gasteiger partial charge in [-0.15, -0.1) is 0 Å². The fraction of sp³-hybridized carbons (Fsp3) is 0.350. The first kappa shape index (κ1) is 17.5. The molecule has 0 bridgehead atoms. The maximum atomic E-state index is 11.1. The summed E-state index contributed by atoms with van der Waals surface area (Å²) in [6, 6.07) is 14.3. The van der Waals surface area contributed by atoms with Crippen molar-refractivity contribution in [3.63, 3.8) is 0 Å². The second-order valence-corrected chi connectivity index (χ2v) is 6.67. The molecule has 1 heterocycles. The van der Waals surface area contributed by atoms with E-state index in [4.69, 9.17) is 5.73 Å². The number of rotatable bonds is 5. The second kappa shape index (κ2) is 7.68. The number of amides is 1. The molecule has 4 N–H and O–H groups in total. The maximum Gasteiger partial charge on any atom is 0.248 e. The molecule has 5 nitrogen and oxygen atoms in total. The lowest BCUT2D eigenvalue weighted by Crippen LogP contribution is -2.36. The lowest BCUT2D eigenvalue weighted by Gasteiger charge is -2.33. The number of carbonyl (C=O) groups is 1. The van der Waals surface area contributed by atoms with Crippen molar-refractivity contribution in [1.82, 2.24) is 4.90 Å². The molecule has 1 unspecified atom stereocenters. The van der Waals surface area contributed by atoms with E-state index in [0.717, 1.165) is 31.5 Å². The molecule has 0 saturated carbocycles. The van der Waals surface area contributed by atoms with Crippen molar-refractivity contribution in [2.45, 2.75) is 24.9 Å². The minimum Gasteiger partial charge on any atom is -0.508 e. The third-order valence-electron chi connectivity index (χ3n) is 4.96. The summed E-state index contributed by atoms with van der Waals surface area (Å²) in [7, 11) is 0. The van der Waals surface area contributed by atoms with Gasteiger partial charge in [0.25, 0.3) is 0 Å². The molecule has 1 saturated heterocycles. The van der Waals surface area contributed by atoms with Gasteiger partial charge in [0.2, 0.25) is 5.91 Å². The fourth-order valence-corrected chi connectivity index (χ4v) is 3.41. The molecule has 2 aromatic carbocycles. The summed E-state index contributed by atoms with van der Waals surface area (Å²) >= 11 is 0. The molecule has 1 amide bonds. The molecule has 0 aromatic heterocycles. The lowest BCUT2D eigenvalue weighted by atomic mass is 9.89. The molecule has 0 aliphatic carbocycles. The highest BCUT2D eigenvalue weighted by molar-refractivity contribution is 5.92. The van der Waals surface area contributed by atoms with Gasteiger partial charge in [0.15, 0.2) is 0 Å². The standard InChI is InChI=1S/C20H24N2O3/c21-20(25)17-3-1-16(2-4-17)19(24)13-22-11-9-15(10-12-22)14-5-7-18(23)8-6-14/h1-8,15,19,23-24H,9-13H2,(H2,21,25). The van der Waals surface area contributed by atoms with E-state index >= 15 is 0 Å². The van der Waals surface area contributed by atoms with Crippen molar-refractivity contribution < 1.29 is 15.0 Å². The number of primary amides is 1. The van der Waals surface area contributed by atoms with Crippen molar-refractivity contribution in [2.75, 3.05) is 19.6 Å². The Morgan fingerprint density at radius 3 is 2.24 bits per heavy atom. The average Bonchev–Trinajstić information content (AvgIpc) is 2.63. The predicted molar refractivity (Wildman–Crippen MR) is 96.4 cm³/mol. The summed E-state index contributed by atoms with van der Waals surface area (Å²) in [5.74, 6) is 0.341. The lowest BCUT2D eigenvalue weighted by molar-refractivity contribution is 0.0968. The molecule has 1 aliphatic rings. The molecule has 2 aromatic rings. The number of aliphatic hydroxyl groups is 1. The van der Waals surface area contributed by atoms with Crippen LogP contribution in [0, 0.1) is 0 Å². The molecule has 1 atom stereocenters. The second-order valence-electron chi connectivity index (χ2n) is 6.67. The van der Waals surface area contributed by atoms with Crippen molar-refractivity contribution >= 4 is 5.91 Å². The largest absolute Gasteiger partial charge is 0.508 e. The number of aromatic hydroxyl groups is 1. The molecule has 1 fully saturated rings. The van der Waals surface area contributed by atoms with Crippen LogP contribution in [-0.4, -0.2) is 40.7 Å². The average molecular weight is 340 g/mol. The van der Waals surface area contributed by atoms with Gasteiger partial charge in [0.05, 0.1) is 6.10 Å². The van der Waals surface area contributed by atoms with Crippen LogP contribution in [0.5, 0.6) is 5.75 Å². The number of aliphatic hydroxyl groups excluding tert-OH is 1. The molecular formula is C20H24N2O3. The van der Waals surface area contributed by atoms with Crippen LogP contribution in [0.3, 0.4) is 0 Å². The van der Waals surface area contributed by atoms with Gasteiger partial charge < -0.3 is 20.8 Å². The topological polar surface area (TPSA) is 86.8 Å². The van der Waals surface area contributed by atoms with Crippen LogP contribution < -0.4 is 5.73 Å². The van der Waals surface area contributed by atoms with E-state index in [1.807, 2.05) is 12.1 Å². The first-order valence-electron chi connectivity index (χ1n) is 8.62. The monoisotopic (exact) mass is 340 g/mol. The van der Waals surface area contributed by atoms with E-state index in [1.54, 1.807) is 36.4 Å². The third kappa shape index (κ3) is 4.38. The van der Waals surface area contributed by atoms with Crippen LogP contribution in [0.25, 0.3) is 0 Å². The molecule has 3 rings (SSSR count). The van der Waals surface area contributed by atoms with Crippen LogP contribution >= 0.6 is 0 Å². The van der Waals surface area contributed by atoms with E-state index in [0.29, 0.717) is 23.8 Å². The van der Waals surface area contributed by atoms with Crippen molar-refractivity contribution in [3.8, 4) is 5.75 Å². The van der Waals surface area contributed by atoms with Crippen LogP contribution in [0.2, 0.25) is 0 Å². The van der Waals surface area contributed by atoms with E-state index in [-0.39, 0.29) is 0 Å². The van der Waals surface area contributed by atoms with Crippen LogP contribution in [0.15, 0.2) is 48.5 Å². The molecule has 0 spiro atoms. The zero-order valence-electron chi connectivity index (χ0n) is 14.1. The van der Waals surface area contributed by atoms with Crippen LogP contribution in [0.1, 0.15) is 46.3 Å². The Labute approximate surface area is 147 Å². The molecular weight excluding hydrogens is 316 g/mol. The fourth-order valence-electron chi connectivity index (χ4n) is 3.41. The highest BCUT2D eigenvalue weighted by Crippen LogP contribution is 2.29. The van der Waals surface area contributed by atoms with Gasteiger partial charge >= 0.3 is 0 Å². The molecule has 5 heteroatoms. The maximum absolute atomic E-state index is 11.1. The predicted octanol–water partition coefficient (Wildman–Crippen LogP) is 2.40. The number of carbonyl (C=O) groups excluding carboxylic acids is 1. The Kier molecular flexibility index (Phi) is 5.36. The third-order valence-corrected chi connectivity index (χ3v) is 4.96. The molecule has 132 valence electrons. The zero-order valence-corrected chi connectivity index (χ0v) is 14.1. The molecule has 0 radical (unpaired) electrons. The van der Waals surface area contributed by atoms with Gasteiger partial charge in [-0.1, -0.05) is 24.3 Å². The SMILES string of the molecule is NC(=O)c1ccc(C(O)CN2CCC(c3ccc(O)cc3)CC2)cc1. The smallest absolute Gasteiger partial charge is 0.248 e. The number of phenols is 1. The van der Waals surface area contributed by atoms with Gasteiger partial charge in [0, 0.05) is 12.1 Å². The summed E-state index contributed by atoms with van der Waals surface area (Å²) in [5.41, 5.74) is 7.75. The Bertz CT molecular complexity index is 705. The highest BCUT2D eigenvalue weighted by atomic mass is 16.3. The van der Waals surface area contributed by atoms with Gasteiger partial charge in [-0.3, -0.25) is 4.79 Å². The van der Waals surface area contributed by atoms with Crippen LogP contribution in [-0.2, 0) is 0 Å². The minimum absolute atomic E-state index is 0.298. The number of nitrogens with zero attached hydrogens (tertiary/aromatic N) is 1. The quantitative estimate of drug-likeness (QED) is 0.780. The van der Waals surface area contributed by atoms with E-state index in [2.05, 4.69) is 4.90 Å². The van der Waals surface area contributed by atoms with E-state index in [1.165, 1.54) is 5.56 Å². The van der Waals surface area contributed by atoms with Gasteiger partial charge in [-0.05, 0) is 67.2 Å². The Hall–Kier alpha value is -2.37. The summed E-state index contributed by atoms with van der Waals surface area (Å²) in [5, 5.41) is 19.8. The van der Waals surface area contributed by atoms with Gasteiger partial charge in [-0.25, -0.2) is 0 Å². The number of β-amino-alcohol motifs (C(OH)–C–C–N with tert-alkyl or cyclic N) is 1. The Morgan fingerprint density at radius 2 is 1.68 bits per heavy atom. The number of nitrogens with two attached hydrogens (primary N) is 1. The van der Waals surface area contributed by atoms with Gasteiger partial charge in [-0.2, -0.15) is 0 Å². The zero-order chi connectivity index (χ0) is 17.8. The normalized spacial score (nSPS) is 17.3. The number of piperidine rings is 1. The summed E-state index contributed by atoms with van der Waals surface area (Å²) in [6.45, 7) is 2.45. The number of phenolic OH excluding ortho intramolecular Hbond substituents is 1. The van der Waals surface area contributed by atoms with Crippen molar-refractivity contribution in [3.05, 3.63) is 65.2 Å². The number of hydrogen-bond acceptors (Lipinski definition) is 4. The van der Waals surface area contributed by atoms with Crippen molar-refractivity contribution in [2.24, 2.45) is 5.73 Å². The first-order chi connectivity index (χ1) is 12.0. The van der Waals surface area contributed by atoms with E-state index < -0.39 is 12.0 Å². The molecule has 25 heavy (non-hydrogen) atoms. The molecule has 1 aliphatic heterocycles. The van der Waals surface area contributed by atoms with Crippen LogP contribution in [0.4, 0.5) is 0 Å². The van der Waals surface area contributed by atoms with E-state index in [9.17, 15) is 15.0 Å². The summed E-state index contributed by atoms with van der Waals surface area (Å²) in [4.78, 5) is 13.4. The Balaban J connectivity index is 1.53. The number of benzene rings is 2. The highest BCUT2D eigenvalue weighted by Gasteiger charge is 2.22. The number of likely N-dealkylation sites (tertiary alicyclic amines) is 1. The minimum atomic E-state index is -0.577. The number of hydrogen-bond donors (Lipinski definition) is 3.